The van der Waals surface area contributed by atoms with Crippen molar-refractivity contribution in [1.29, 1.82) is 0 Å². The summed E-state index contributed by atoms with van der Waals surface area (Å²) in [5.41, 5.74) is 1.20. The Kier molecular flexibility index (Phi) is 5.84. The minimum absolute atomic E-state index is 0.111. The summed E-state index contributed by atoms with van der Waals surface area (Å²) in [6, 6.07) is 6.29. The number of benzene rings is 1. The van der Waals surface area contributed by atoms with E-state index in [1.807, 2.05) is 25.2 Å². The van der Waals surface area contributed by atoms with Crippen LogP contribution in [-0.2, 0) is 11.3 Å². The maximum atomic E-state index is 6.02. The van der Waals surface area contributed by atoms with Gasteiger partial charge >= 0.3 is 0 Å². The highest BCUT2D eigenvalue weighted by molar-refractivity contribution is 5.80. The number of guanidine groups is 1. The largest absolute Gasteiger partial charge is 0.497 e. The van der Waals surface area contributed by atoms with Gasteiger partial charge in [-0.25, -0.2) is 0 Å². The molecule has 3 rings (SSSR count). The molecule has 1 aliphatic heterocycles. The van der Waals surface area contributed by atoms with Gasteiger partial charge in [-0.3, -0.25) is 4.99 Å². The topological polar surface area (TPSA) is 55.3 Å². The van der Waals surface area contributed by atoms with E-state index in [1.54, 1.807) is 14.2 Å². The molecule has 150 valence electrons. The number of hydrogen-bond acceptors (Lipinski definition) is 4. The highest BCUT2D eigenvalue weighted by Gasteiger charge is 2.58. The summed E-state index contributed by atoms with van der Waals surface area (Å²) < 4.78 is 16.9. The van der Waals surface area contributed by atoms with Crippen molar-refractivity contribution < 1.29 is 14.2 Å². The Morgan fingerprint density at radius 3 is 2.78 bits per heavy atom. The van der Waals surface area contributed by atoms with Gasteiger partial charge in [0.2, 0.25) is 0 Å². The van der Waals surface area contributed by atoms with E-state index in [1.165, 1.54) is 6.42 Å². The molecule has 1 saturated carbocycles. The Balaban J connectivity index is 1.69. The van der Waals surface area contributed by atoms with Crippen LogP contribution in [0.2, 0.25) is 0 Å². The Bertz CT molecular complexity index is 689. The Morgan fingerprint density at radius 1 is 1.33 bits per heavy atom. The number of rotatable bonds is 5. The van der Waals surface area contributed by atoms with Gasteiger partial charge in [-0.05, 0) is 25.0 Å². The van der Waals surface area contributed by atoms with Crippen molar-refractivity contribution in [2.45, 2.75) is 45.4 Å². The van der Waals surface area contributed by atoms with Crippen LogP contribution in [0.15, 0.2) is 23.2 Å². The molecular formula is C21H33N3O3. The predicted octanol–water partition coefficient (Wildman–Crippen LogP) is 2.91. The normalized spacial score (nSPS) is 26.6. The van der Waals surface area contributed by atoms with Crippen molar-refractivity contribution in [1.82, 2.24) is 10.2 Å². The van der Waals surface area contributed by atoms with Crippen molar-refractivity contribution in [2.75, 3.05) is 34.9 Å². The van der Waals surface area contributed by atoms with Gasteiger partial charge in [0.25, 0.3) is 0 Å². The van der Waals surface area contributed by atoms with Crippen LogP contribution in [0, 0.1) is 11.3 Å². The number of nitrogens with zero attached hydrogens (tertiary/aromatic N) is 2. The number of hydrogen-bond donors (Lipinski definition) is 1. The highest BCUT2D eigenvalue weighted by atomic mass is 16.5. The number of fused-ring (bicyclic) bond motifs is 1. The van der Waals surface area contributed by atoms with Gasteiger partial charge in [-0.2, -0.15) is 0 Å². The van der Waals surface area contributed by atoms with Crippen LogP contribution in [0.25, 0.3) is 0 Å². The fourth-order valence-corrected chi connectivity index (χ4v) is 4.61. The minimum atomic E-state index is 0.111. The second kappa shape index (κ2) is 7.97. The zero-order chi connectivity index (χ0) is 19.6. The fraction of sp³-hybridized carbons (Fsp3) is 0.667. The van der Waals surface area contributed by atoms with E-state index in [9.17, 15) is 0 Å². The summed E-state index contributed by atoms with van der Waals surface area (Å²) >= 11 is 0. The highest BCUT2D eigenvalue weighted by Crippen LogP contribution is 2.51. The summed E-state index contributed by atoms with van der Waals surface area (Å²) in [6.45, 7) is 6.17. The average molecular weight is 376 g/mol. The molecule has 1 aliphatic carbocycles. The van der Waals surface area contributed by atoms with Gasteiger partial charge in [0.1, 0.15) is 11.5 Å². The summed E-state index contributed by atoms with van der Waals surface area (Å²) in [6.07, 6.45) is 2.72. The molecular weight excluding hydrogens is 342 g/mol. The van der Waals surface area contributed by atoms with Gasteiger partial charge in [-0.1, -0.05) is 13.8 Å². The molecule has 0 radical (unpaired) electrons. The van der Waals surface area contributed by atoms with Gasteiger partial charge in [0.05, 0.1) is 20.3 Å². The lowest BCUT2D eigenvalue weighted by molar-refractivity contribution is -0.188. The first-order chi connectivity index (χ1) is 12.9. The zero-order valence-electron chi connectivity index (χ0n) is 17.4. The number of aliphatic imine (C=N–C) groups is 1. The average Bonchev–Trinajstić information content (AvgIpc) is 2.68. The smallest absolute Gasteiger partial charge is 0.193 e. The molecule has 1 saturated heterocycles. The summed E-state index contributed by atoms with van der Waals surface area (Å²) in [5.74, 6) is 3.08. The SMILES string of the molecule is CN=C(NC1C2CCCOC2C1(C)C)N(C)Cc1ccc(OC)cc1OC. The summed E-state index contributed by atoms with van der Waals surface area (Å²) in [4.78, 5) is 6.66. The third-order valence-corrected chi connectivity index (χ3v) is 6.09. The molecule has 6 nitrogen and oxygen atoms in total. The van der Waals surface area contributed by atoms with Crippen molar-refractivity contribution in [3.63, 3.8) is 0 Å². The number of ether oxygens (including phenoxy) is 3. The standard InChI is InChI=1S/C21H33N3O3/c1-21(2)18(16-8-7-11-27-19(16)21)23-20(22-3)24(4)13-14-9-10-15(25-5)12-17(14)26-6/h9-10,12,16,18-19H,7-8,11,13H2,1-6H3,(H,22,23). The van der Waals surface area contributed by atoms with E-state index in [0.29, 0.717) is 24.6 Å². The molecule has 0 aromatic heterocycles. The van der Waals surface area contributed by atoms with Crippen LogP contribution in [0.1, 0.15) is 32.3 Å². The van der Waals surface area contributed by atoms with E-state index < -0.39 is 0 Å². The third-order valence-electron chi connectivity index (χ3n) is 6.09. The predicted molar refractivity (Wildman–Crippen MR) is 108 cm³/mol. The Morgan fingerprint density at radius 2 is 2.11 bits per heavy atom. The summed E-state index contributed by atoms with van der Waals surface area (Å²) in [7, 11) is 7.24. The van der Waals surface area contributed by atoms with Gasteiger partial charge in [0, 0.05) is 56.3 Å². The summed E-state index contributed by atoms with van der Waals surface area (Å²) in [5, 5.41) is 3.70. The van der Waals surface area contributed by atoms with Crippen molar-refractivity contribution >= 4 is 5.96 Å². The maximum Gasteiger partial charge on any atom is 0.193 e. The van der Waals surface area contributed by atoms with Crippen molar-refractivity contribution in [3.05, 3.63) is 23.8 Å². The fourth-order valence-electron chi connectivity index (χ4n) is 4.61. The second-order valence-corrected chi connectivity index (χ2v) is 8.12. The van der Waals surface area contributed by atoms with Gasteiger partial charge in [0.15, 0.2) is 5.96 Å². The van der Waals surface area contributed by atoms with E-state index in [0.717, 1.165) is 36.0 Å². The molecule has 1 aromatic carbocycles. The van der Waals surface area contributed by atoms with Crippen LogP contribution >= 0.6 is 0 Å². The monoisotopic (exact) mass is 375 g/mol. The molecule has 2 fully saturated rings. The van der Waals surface area contributed by atoms with E-state index in [4.69, 9.17) is 14.2 Å². The first kappa shape index (κ1) is 19.8. The van der Waals surface area contributed by atoms with Crippen molar-refractivity contribution in [2.24, 2.45) is 16.3 Å². The molecule has 6 heteroatoms. The van der Waals surface area contributed by atoms with E-state index >= 15 is 0 Å². The maximum absolute atomic E-state index is 6.02. The molecule has 1 N–H and O–H groups in total. The molecule has 3 atom stereocenters. The lowest BCUT2D eigenvalue weighted by Crippen LogP contribution is -2.71. The molecule has 2 aliphatic rings. The molecule has 0 amide bonds. The van der Waals surface area contributed by atoms with Crippen molar-refractivity contribution in [3.8, 4) is 11.5 Å². The number of methoxy groups -OCH3 is 2. The Labute approximate surface area is 162 Å². The van der Waals surface area contributed by atoms with Crippen LogP contribution in [0.3, 0.4) is 0 Å². The third kappa shape index (κ3) is 3.72. The quantitative estimate of drug-likeness (QED) is 0.633. The Hall–Kier alpha value is -1.95. The number of nitrogens with one attached hydrogen (secondary N) is 1. The molecule has 0 spiro atoms. The van der Waals surface area contributed by atoms with Gasteiger partial charge in [-0.15, -0.1) is 0 Å². The molecule has 1 aromatic rings. The lowest BCUT2D eigenvalue weighted by Gasteiger charge is -2.60. The van der Waals surface area contributed by atoms with Crippen LogP contribution < -0.4 is 14.8 Å². The molecule has 3 unspecified atom stereocenters. The van der Waals surface area contributed by atoms with Crippen LogP contribution in [0.5, 0.6) is 11.5 Å². The van der Waals surface area contributed by atoms with E-state index in [-0.39, 0.29) is 5.41 Å². The molecule has 1 heterocycles. The second-order valence-electron chi connectivity index (χ2n) is 8.12. The lowest BCUT2D eigenvalue weighted by atomic mass is 9.55. The first-order valence-corrected chi connectivity index (χ1v) is 9.69. The van der Waals surface area contributed by atoms with Crippen LogP contribution in [-0.4, -0.2) is 57.9 Å². The van der Waals surface area contributed by atoms with Crippen LogP contribution in [0.4, 0.5) is 0 Å². The first-order valence-electron chi connectivity index (χ1n) is 9.69. The van der Waals surface area contributed by atoms with Gasteiger partial charge < -0.3 is 24.4 Å². The minimum Gasteiger partial charge on any atom is -0.497 e. The zero-order valence-corrected chi connectivity index (χ0v) is 17.4. The molecule has 27 heavy (non-hydrogen) atoms. The molecule has 0 bridgehead atoms. The van der Waals surface area contributed by atoms with E-state index in [2.05, 4.69) is 36.1 Å².